The van der Waals surface area contributed by atoms with E-state index in [-0.39, 0.29) is 28.7 Å². The fourth-order valence-electron chi connectivity index (χ4n) is 4.31. The van der Waals surface area contributed by atoms with Gasteiger partial charge in [0, 0.05) is 11.7 Å². The molecule has 3 aliphatic rings. The highest BCUT2D eigenvalue weighted by molar-refractivity contribution is 8.16. The molecule has 0 spiro atoms. The van der Waals surface area contributed by atoms with Crippen molar-refractivity contribution in [1.29, 1.82) is 0 Å². The first kappa shape index (κ1) is 20.5. The van der Waals surface area contributed by atoms with Crippen LogP contribution in [-0.4, -0.2) is 42.3 Å². The molecule has 1 amide bonds. The predicted octanol–water partition coefficient (Wildman–Crippen LogP) is 4.57. The number of carbonyl (C=O) groups excluding carboxylic acids is 1. The van der Waals surface area contributed by atoms with Crippen molar-refractivity contribution in [2.75, 3.05) is 16.4 Å². The zero-order chi connectivity index (χ0) is 19.9. The highest BCUT2D eigenvalue weighted by Crippen LogP contribution is 2.44. The van der Waals surface area contributed by atoms with Crippen LogP contribution >= 0.6 is 35.0 Å². The van der Waals surface area contributed by atoms with Crippen molar-refractivity contribution in [2.45, 2.75) is 49.8 Å². The number of halogens is 2. The third-order valence-corrected chi connectivity index (χ3v) is 9.74. The number of hydrogen-bond donors (Lipinski definition) is 0. The molecule has 2 aliphatic heterocycles. The molecule has 0 N–H and O–H groups in total. The van der Waals surface area contributed by atoms with Crippen molar-refractivity contribution < 1.29 is 13.2 Å². The van der Waals surface area contributed by atoms with E-state index < -0.39 is 9.84 Å². The van der Waals surface area contributed by atoms with Gasteiger partial charge in [-0.3, -0.25) is 4.79 Å². The summed E-state index contributed by atoms with van der Waals surface area (Å²) in [5, 5.41) is 1.12. The Morgan fingerprint density at radius 3 is 2.71 bits per heavy atom. The summed E-state index contributed by atoms with van der Waals surface area (Å²) >= 11 is 13.9. The van der Waals surface area contributed by atoms with Gasteiger partial charge in [-0.1, -0.05) is 66.7 Å². The number of anilines is 1. The van der Waals surface area contributed by atoms with Gasteiger partial charge in [-0.05, 0) is 24.5 Å². The number of aliphatic imine (C=N–C) groups is 1. The lowest BCUT2D eigenvalue weighted by Crippen LogP contribution is -2.38. The maximum Gasteiger partial charge on any atom is 0.248 e. The van der Waals surface area contributed by atoms with Crippen LogP contribution in [0.15, 0.2) is 23.2 Å². The fourth-order valence-corrected chi connectivity index (χ4v) is 8.62. The first-order valence-corrected chi connectivity index (χ1v) is 13.0. The Balaban J connectivity index is 1.60. The smallest absolute Gasteiger partial charge is 0.248 e. The molecule has 2 atom stereocenters. The Bertz CT molecular complexity index is 914. The summed E-state index contributed by atoms with van der Waals surface area (Å²) in [6.45, 7) is 0. The van der Waals surface area contributed by atoms with Gasteiger partial charge < -0.3 is 4.90 Å². The molecule has 1 aromatic rings. The van der Waals surface area contributed by atoms with Crippen molar-refractivity contribution in [1.82, 2.24) is 0 Å². The first-order valence-electron chi connectivity index (χ1n) is 9.56. The molecule has 0 unspecified atom stereocenters. The summed E-state index contributed by atoms with van der Waals surface area (Å²) in [5.41, 5.74) is 0.605. The third-order valence-electron chi connectivity index (χ3n) is 5.72. The molecule has 4 rings (SSSR count). The number of fused-ring (bicyclic) bond motifs is 1. The summed E-state index contributed by atoms with van der Waals surface area (Å²) in [4.78, 5) is 18.7. The topological polar surface area (TPSA) is 66.8 Å². The van der Waals surface area contributed by atoms with Crippen LogP contribution in [0.5, 0.6) is 0 Å². The molecule has 9 heteroatoms. The summed E-state index contributed by atoms with van der Waals surface area (Å²) in [5.74, 6) is 0.596. The molecule has 152 valence electrons. The lowest BCUT2D eigenvalue weighted by Gasteiger charge is -2.25. The number of hydrogen-bond acceptors (Lipinski definition) is 4. The summed E-state index contributed by atoms with van der Waals surface area (Å²) < 4.78 is 24.3. The van der Waals surface area contributed by atoms with Crippen LogP contribution in [-0.2, 0) is 14.6 Å². The lowest BCUT2D eigenvalue weighted by molar-refractivity contribution is -0.118. The quantitative estimate of drug-likeness (QED) is 0.658. The highest BCUT2D eigenvalue weighted by atomic mass is 35.5. The van der Waals surface area contributed by atoms with E-state index in [1.54, 1.807) is 18.2 Å². The molecule has 0 aromatic heterocycles. The van der Waals surface area contributed by atoms with Gasteiger partial charge in [0.05, 0.1) is 33.3 Å². The van der Waals surface area contributed by atoms with Gasteiger partial charge in [0.1, 0.15) is 0 Å². The van der Waals surface area contributed by atoms with Gasteiger partial charge in [0.2, 0.25) is 5.91 Å². The maximum absolute atomic E-state index is 12.5. The summed E-state index contributed by atoms with van der Waals surface area (Å²) in [6, 6.07) is 4.96. The average Bonchev–Trinajstić information content (AvgIpc) is 3.31. The van der Waals surface area contributed by atoms with E-state index in [0.717, 1.165) is 6.42 Å². The van der Waals surface area contributed by atoms with Crippen LogP contribution in [0.4, 0.5) is 5.69 Å². The molecule has 0 bridgehead atoms. The largest absolute Gasteiger partial charge is 0.314 e. The second-order valence-electron chi connectivity index (χ2n) is 7.72. The zero-order valence-corrected chi connectivity index (χ0v) is 18.5. The minimum Gasteiger partial charge on any atom is -0.314 e. The second-order valence-corrected chi connectivity index (χ2v) is 11.9. The minimum absolute atomic E-state index is 0.0305. The highest BCUT2D eigenvalue weighted by Gasteiger charge is 2.49. The van der Waals surface area contributed by atoms with E-state index in [1.165, 1.54) is 37.4 Å². The van der Waals surface area contributed by atoms with E-state index in [2.05, 4.69) is 4.99 Å². The average molecular weight is 461 g/mol. The number of amidine groups is 1. The lowest BCUT2D eigenvalue weighted by atomic mass is 10.0. The molecule has 0 radical (unpaired) electrons. The standard InChI is InChI=1S/C19H22Cl2N2O3S2/c20-13-6-3-7-14(18(13)21)23-15-10-28(25,26)11-16(15)27-19(23)22-17(24)9-8-12-4-1-2-5-12/h3,6-7,12,15-16H,1-2,4-5,8-11H2/t15-,16-/m0/s1. The molecule has 2 saturated heterocycles. The van der Waals surface area contributed by atoms with Gasteiger partial charge in [-0.25, -0.2) is 8.42 Å². The molecular weight excluding hydrogens is 439 g/mol. The van der Waals surface area contributed by atoms with Crippen molar-refractivity contribution in [2.24, 2.45) is 10.9 Å². The van der Waals surface area contributed by atoms with Crippen LogP contribution in [0.2, 0.25) is 10.0 Å². The van der Waals surface area contributed by atoms with E-state index in [4.69, 9.17) is 23.2 Å². The molecule has 28 heavy (non-hydrogen) atoms. The van der Waals surface area contributed by atoms with Crippen LogP contribution in [0.3, 0.4) is 0 Å². The minimum atomic E-state index is -3.12. The van der Waals surface area contributed by atoms with E-state index in [1.807, 2.05) is 4.90 Å². The first-order chi connectivity index (χ1) is 13.3. The van der Waals surface area contributed by atoms with Gasteiger partial charge >= 0.3 is 0 Å². The van der Waals surface area contributed by atoms with Gasteiger partial charge in [0.25, 0.3) is 0 Å². The molecule has 5 nitrogen and oxygen atoms in total. The van der Waals surface area contributed by atoms with Crippen LogP contribution < -0.4 is 4.90 Å². The summed E-state index contributed by atoms with van der Waals surface area (Å²) in [6.07, 6.45) is 6.21. The maximum atomic E-state index is 12.5. The monoisotopic (exact) mass is 460 g/mol. The normalized spacial score (nSPS) is 28.2. The number of rotatable bonds is 4. The Labute approximate surface area is 179 Å². The van der Waals surface area contributed by atoms with Gasteiger partial charge in [0.15, 0.2) is 15.0 Å². The van der Waals surface area contributed by atoms with E-state index in [0.29, 0.717) is 33.2 Å². The fraction of sp³-hybridized carbons (Fsp3) is 0.579. The van der Waals surface area contributed by atoms with Gasteiger partial charge in [-0.15, -0.1) is 0 Å². The van der Waals surface area contributed by atoms with Crippen LogP contribution in [0.1, 0.15) is 38.5 Å². The molecular formula is C19H22Cl2N2O3S2. The number of sulfone groups is 1. The van der Waals surface area contributed by atoms with Crippen LogP contribution in [0, 0.1) is 5.92 Å². The molecule has 1 aromatic carbocycles. The SMILES string of the molecule is O=C(CCC1CCCC1)N=C1S[C@H]2CS(=O)(=O)C[C@@H]2N1c1cccc(Cl)c1Cl. The Hall–Kier alpha value is -0.760. The number of carbonyl (C=O) groups is 1. The zero-order valence-electron chi connectivity index (χ0n) is 15.3. The Morgan fingerprint density at radius 2 is 1.96 bits per heavy atom. The Morgan fingerprint density at radius 1 is 1.21 bits per heavy atom. The van der Waals surface area contributed by atoms with Gasteiger partial charge in [-0.2, -0.15) is 4.99 Å². The van der Waals surface area contributed by atoms with Crippen molar-refractivity contribution in [3.63, 3.8) is 0 Å². The van der Waals surface area contributed by atoms with E-state index in [9.17, 15) is 13.2 Å². The van der Waals surface area contributed by atoms with E-state index >= 15 is 0 Å². The predicted molar refractivity (Wildman–Crippen MR) is 116 cm³/mol. The number of nitrogens with zero attached hydrogens (tertiary/aromatic N) is 2. The molecule has 1 saturated carbocycles. The molecule has 2 heterocycles. The number of benzene rings is 1. The number of thioether (sulfide) groups is 1. The molecule has 1 aliphatic carbocycles. The van der Waals surface area contributed by atoms with Crippen molar-refractivity contribution >= 4 is 61.6 Å². The summed E-state index contributed by atoms with van der Waals surface area (Å²) in [7, 11) is -3.12. The van der Waals surface area contributed by atoms with Crippen molar-refractivity contribution in [3.05, 3.63) is 28.2 Å². The second kappa shape index (κ2) is 8.17. The third kappa shape index (κ3) is 4.23. The van der Waals surface area contributed by atoms with Crippen molar-refractivity contribution in [3.8, 4) is 0 Å². The van der Waals surface area contributed by atoms with Crippen LogP contribution in [0.25, 0.3) is 0 Å². The number of amides is 1. The molecule has 3 fully saturated rings. The Kier molecular flexibility index (Phi) is 5.98.